The van der Waals surface area contributed by atoms with Crippen LogP contribution in [0.3, 0.4) is 0 Å². The maximum atomic E-state index is 11.8. The second kappa shape index (κ2) is 6.91. The van der Waals surface area contributed by atoms with Crippen LogP contribution in [0, 0.1) is 6.92 Å². The predicted octanol–water partition coefficient (Wildman–Crippen LogP) is 2.37. The predicted molar refractivity (Wildman–Crippen MR) is 87.1 cm³/mol. The molecule has 0 fully saturated rings. The number of carbonyl (C=O) groups is 1. The number of nitrogens with one attached hydrogen (secondary N) is 1. The van der Waals surface area contributed by atoms with Crippen molar-refractivity contribution in [3.63, 3.8) is 0 Å². The monoisotopic (exact) mass is 319 g/mol. The van der Waals surface area contributed by atoms with E-state index in [-0.39, 0.29) is 11.4 Å². The van der Waals surface area contributed by atoms with Crippen molar-refractivity contribution in [3.8, 4) is 5.69 Å². The molecule has 22 heavy (non-hydrogen) atoms. The summed E-state index contributed by atoms with van der Waals surface area (Å²) < 4.78 is 1.69. The molecule has 2 rings (SSSR count). The Morgan fingerprint density at radius 2 is 1.95 bits per heavy atom. The van der Waals surface area contributed by atoms with Gasteiger partial charge in [0.2, 0.25) is 11.1 Å². The summed E-state index contributed by atoms with van der Waals surface area (Å²) in [5.41, 5.74) is 1.90. The van der Waals surface area contributed by atoms with E-state index in [0.29, 0.717) is 17.3 Å². The van der Waals surface area contributed by atoms with Gasteiger partial charge in [-0.3, -0.25) is 4.79 Å². The summed E-state index contributed by atoms with van der Waals surface area (Å²) in [6, 6.07) is 7.98. The number of carbonyl (C=O) groups excluding carboxylic acids is 1. The van der Waals surface area contributed by atoms with Gasteiger partial charge in [0.25, 0.3) is 0 Å². The van der Waals surface area contributed by atoms with Crippen molar-refractivity contribution in [3.05, 3.63) is 29.8 Å². The van der Waals surface area contributed by atoms with Gasteiger partial charge >= 0.3 is 0 Å². The lowest BCUT2D eigenvalue weighted by Gasteiger charge is -2.20. The molecule has 0 aliphatic heterocycles. The lowest BCUT2D eigenvalue weighted by Crippen LogP contribution is -2.40. The van der Waals surface area contributed by atoms with Gasteiger partial charge in [-0.05, 0) is 50.3 Å². The van der Waals surface area contributed by atoms with Gasteiger partial charge in [-0.25, -0.2) is 0 Å². The van der Waals surface area contributed by atoms with E-state index < -0.39 is 0 Å². The van der Waals surface area contributed by atoms with E-state index in [2.05, 4.69) is 20.8 Å². The van der Waals surface area contributed by atoms with Crippen LogP contribution in [0.2, 0.25) is 0 Å². The van der Waals surface area contributed by atoms with Gasteiger partial charge in [0.15, 0.2) is 0 Å². The summed E-state index contributed by atoms with van der Waals surface area (Å²) >= 11 is 1.47. The van der Waals surface area contributed by atoms with Crippen LogP contribution < -0.4 is 5.32 Å². The van der Waals surface area contributed by atoms with Crippen LogP contribution >= 0.6 is 11.8 Å². The number of amides is 1. The molecular formula is C15H21N5OS. The minimum atomic E-state index is -0.203. The van der Waals surface area contributed by atoms with Crippen molar-refractivity contribution in [1.29, 1.82) is 0 Å². The molecule has 0 radical (unpaired) electrons. The number of benzene rings is 1. The van der Waals surface area contributed by atoms with Crippen molar-refractivity contribution >= 4 is 17.7 Å². The summed E-state index contributed by atoms with van der Waals surface area (Å²) in [5, 5.41) is 15.4. The molecule has 1 amide bonds. The highest BCUT2D eigenvalue weighted by molar-refractivity contribution is 7.99. The number of hydrogen-bond donors (Lipinski definition) is 1. The normalized spacial score (nSPS) is 11.5. The van der Waals surface area contributed by atoms with E-state index in [0.717, 1.165) is 5.69 Å². The fourth-order valence-corrected chi connectivity index (χ4v) is 2.66. The Hall–Kier alpha value is -1.89. The number of aryl methyl sites for hydroxylation is 1. The SMILES string of the molecule is Cc1ccc(-n2nnnc2SCCC(=O)NC(C)(C)C)cc1. The van der Waals surface area contributed by atoms with Crippen molar-refractivity contribution in [2.24, 2.45) is 0 Å². The molecule has 0 saturated carbocycles. The number of tetrazole rings is 1. The van der Waals surface area contributed by atoms with Gasteiger partial charge in [0.05, 0.1) is 5.69 Å². The van der Waals surface area contributed by atoms with Crippen LogP contribution in [0.5, 0.6) is 0 Å². The second-order valence-electron chi connectivity index (χ2n) is 6.11. The molecular weight excluding hydrogens is 298 g/mol. The molecule has 1 heterocycles. The van der Waals surface area contributed by atoms with Crippen LogP contribution in [0.25, 0.3) is 5.69 Å². The second-order valence-corrected chi connectivity index (χ2v) is 7.17. The number of rotatable bonds is 5. The molecule has 0 aliphatic carbocycles. The molecule has 0 aliphatic rings. The first-order valence-corrected chi connectivity index (χ1v) is 8.13. The fourth-order valence-electron chi connectivity index (χ4n) is 1.83. The molecule has 118 valence electrons. The molecule has 1 N–H and O–H groups in total. The van der Waals surface area contributed by atoms with Crippen LogP contribution in [0.4, 0.5) is 0 Å². The molecule has 0 bridgehead atoms. The highest BCUT2D eigenvalue weighted by Crippen LogP contribution is 2.19. The van der Waals surface area contributed by atoms with Crippen LogP contribution in [0.15, 0.2) is 29.4 Å². The third-order valence-electron chi connectivity index (χ3n) is 2.79. The lowest BCUT2D eigenvalue weighted by molar-refractivity contribution is -0.122. The van der Waals surface area contributed by atoms with Crippen molar-refractivity contribution in [1.82, 2.24) is 25.5 Å². The molecule has 0 saturated heterocycles. The zero-order valence-corrected chi connectivity index (χ0v) is 14.1. The first kappa shape index (κ1) is 16.5. The molecule has 0 atom stereocenters. The first-order valence-electron chi connectivity index (χ1n) is 7.14. The highest BCUT2D eigenvalue weighted by atomic mass is 32.2. The first-order chi connectivity index (χ1) is 10.3. The topological polar surface area (TPSA) is 72.7 Å². The highest BCUT2D eigenvalue weighted by Gasteiger charge is 2.14. The Labute approximate surface area is 134 Å². The van der Waals surface area contributed by atoms with E-state index in [4.69, 9.17) is 0 Å². The molecule has 1 aromatic carbocycles. The standard InChI is InChI=1S/C15H21N5OS/c1-11-5-7-12(8-6-11)20-14(17-18-19-20)22-10-9-13(21)16-15(2,3)4/h5-8H,9-10H2,1-4H3,(H,16,21). The zero-order chi connectivity index (χ0) is 16.2. The summed E-state index contributed by atoms with van der Waals surface area (Å²) in [6.45, 7) is 7.94. The smallest absolute Gasteiger partial charge is 0.221 e. The Bertz CT molecular complexity index is 630. The van der Waals surface area contributed by atoms with E-state index in [1.54, 1.807) is 4.68 Å². The van der Waals surface area contributed by atoms with Gasteiger partial charge < -0.3 is 5.32 Å². The molecule has 6 nitrogen and oxygen atoms in total. The fraction of sp³-hybridized carbons (Fsp3) is 0.467. The summed E-state index contributed by atoms with van der Waals surface area (Å²) in [5.74, 6) is 0.670. The van der Waals surface area contributed by atoms with Gasteiger partial charge in [0, 0.05) is 17.7 Å². The Balaban J connectivity index is 1.93. The Morgan fingerprint density at radius 3 is 2.59 bits per heavy atom. The molecule has 7 heteroatoms. The quantitative estimate of drug-likeness (QED) is 0.857. The van der Waals surface area contributed by atoms with Crippen molar-refractivity contribution in [2.75, 3.05) is 5.75 Å². The van der Waals surface area contributed by atoms with Gasteiger partial charge in [-0.1, -0.05) is 29.5 Å². The third-order valence-corrected chi connectivity index (χ3v) is 3.72. The van der Waals surface area contributed by atoms with Crippen LogP contribution in [-0.2, 0) is 4.79 Å². The zero-order valence-electron chi connectivity index (χ0n) is 13.3. The minimum Gasteiger partial charge on any atom is -0.351 e. The maximum absolute atomic E-state index is 11.8. The van der Waals surface area contributed by atoms with Crippen LogP contribution in [-0.4, -0.2) is 37.4 Å². The summed E-state index contributed by atoms with van der Waals surface area (Å²) in [4.78, 5) is 11.8. The molecule has 2 aromatic rings. The van der Waals surface area contributed by atoms with E-state index in [1.165, 1.54) is 17.3 Å². The van der Waals surface area contributed by atoms with Gasteiger partial charge in [-0.15, -0.1) is 5.10 Å². The Morgan fingerprint density at radius 1 is 1.27 bits per heavy atom. The number of hydrogen-bond acceptors (Lipinski definition) is 5. The number of nitrogens with zero attached hydrogens (tertiary/aromatic N) is 4. The number of aromatic nitrogens is 4. The van der Waals surface area contributed by atoms with Gasteiger partial charge in [0.1, 0.15) is 0 Å². The Kier molecular flexibility index (Phi) is 5.18. The van der Waals surface area contributed by atoms with Crippen molar-refractivity contribution in [2.45, 2.75) is 44.8 Å². The van der Waals surface area contributed by atoms with E-state index in [9.17, 15) is 4.79 Å². The summed E-state index contributed by atoms with van der Waals surface area (Å²) in [7, 11) is 0. The third kappa shape index (κ3) is 4.84. The van der Waals surface area contributed by atoms with E-state index in [1.807, 2.05) is 52.0 Å². The largest absolute Gasteiger partial charge is 0.351 e. The number of thioether (sulfide) groups is 1. The van der Waals surface area contributed by atoms with Crippen molar-refractivity contribution < 1.29 is 4.79 Å². The van der Waals surface area contributed by atoms with Crippen LogP contribution in [0.1, 0.15) is 32.8 Å². The summed E-state index contributed by atoms with van der Waals surface area (Å²) in [6.07, 6.45) is 0.433. The maximum Gasteiger partial charge on any atom is 0.221 e. The average Bonchev–Trinajstić information content (AvgIpc) is 2.86. The molecule has 0 spiro atoms. The molecule has 0 unspecified atom stereocenters. The van der Waals surface area contributed by atoms with E-state index >= 15 is 0 Å². The lowest BCUT2D eigenvalue weighted by atomic mass is 10.1. The van der Waals surface area contributed by atoms with Gasteiger partial charge in [-0.2, -0.15) is 4.68 Å². The average molecular weight is 319 g/mol. The molecule has 1 aromatic heterocycles. The minimum absolute atomic E-state index is 0.0364.